The molecule has 1 N–H and O–H groups in total. The summed E-state index contributed by atoms with van der Waals surface area (Å²) in [7, 11) is 0. The number of carbonyl (C=O) groups is 1. The van der Waals surface area contributed by atoms with E-state index in [0.29, 0.717) is 19.4 Å². The highest BCUT2D eigenvalue weighted by molar-refractivity contribution is 7.09. The van der Waals surface area contributed by atoms with Gasteiger partial charge in [-0.15, -0.1) is 21.5 Å². The van der Waals surface area contributed by atoms with Crippen molar-refractivity contribution in [3.05, 3.63) is 34.0 Å². The summed E-state index contributed by atoms with van der Waals surface area (Å²) in [6, 6.07) is 4.10. The fourth-order valence-electron chi connectivity index (χ4n) is 2.30. The van der Waals surface area contributed by atoms with E-state index in [2.05, 4.69) is 20.8 Å². The zero-order valence-electron chi connectivity index (χ0n) is 9.74. The van der Waals surface area contributed by atoms with Crippen molar-refractivity contribution in [2.75, 3.05) is 0 Å². The highest BCUT2D eigenvalue weighted by Gasteiger charge is 2.27. The van der Waals surface area contributed by atoms with Gasteiger partial charge in [-0.05, 0) is 17.9 Å². The molecule has 94 valence electrons. The van der Waals surface area contributed by atoms with Gasteiger partial charge in [-0.3, -0.25) is 4.79 Å². The van der Waals surface area contributed by atoms with Crippen LogP contribution in [0.1, 0.15) is 22.9 Å². The Labute approximate surface area is 108 Å². The Bertz CT molecular complexity index is 562. The van der Waals surface area contributed by atoms with Gasteiger partial charge in [0.1, 0.15) is 11.6 Å². The third-order valence-corrected chi connectivity index (χ3v) is 4.17. The van der Waals surface area contributed by atoms with Crippen LogP contribution < -0.4 is 0 Å². The normalized spacial score (nSPS) is 18.6. The van der Waals surface area contributed by atoms with E-state index < -0.39 is 5.97 Å². The predicted molar refractivity (Wildman–Crippen MR) is 66.6 cm³/mol. The van der Waals surface area contributed by atoms with Gasteiger partial charge in [-0.1, -0.05) is 6.07 Å². The van der Waals surface area contributed by atoms with Crippen molar-refractivity contribution in [1.29, 1.82) is 0 Å². The molecule has 3 heterocycles. The maximum absolute atomic E-state index is 11.0. The molecule has 0 bridgehead atoms. The molecule has 3 rings (SSSR count). The van der Waals surface area contributed by atoms with E-state index in [1.165, 1.54) is 4.88 Å². The van der Waals surface area contributed by atoms with E-state index in [4.69, 9.17) is 5.11 Å². The number of carboxylic acids is 1. The molecule has 18 heavy (non-hydrogen) atoms. The lowest BCUT2D eigenvalue weighted by Gasteiger charge is -2.20. The van der Waals surface area contributed by atoms with Crippen molar-refractivity contribution < 1.29 is 9.90 Å². The molecule has 2 aromatic rings. The minimum atomic E-state index is -0.732. The van der Waals surface area contributed by atoms with E-state index in [-0.39, 0.29) is 5.92 Å². The van der Waals surface area contributed by atoms with Crippen molar-refractivity contribution in [3.63, 3.8) is 0 Å². The summed E-state index contributed by atoms with van der Waals surface area (Å²) in [5.41, 5.74) is 0. The van der Waals surface area contributed by atoms with Gasteiger partial charge < -0.3 is 9.67 Å². The lowest BCUT2D eigenvalue weighted by molar-refractivity contribution is -0.142. The van der Waals surface area contributed by atoms with Gasteiger partial charge in [0, 0.05) is 24.3 Å². The van der Waals surface area contributed by atoms with Crippen LogP contribution in [-0.4, -0.2) is 25.8 Å². The van der Waals surface area contributed by atoms with Crippen LogP contribution in [0.25, 0.3) is 0 Å². The highest BCUT2D eigenvalue weighted by Crippen LogP contribution is 2.22. The molecule has 2 aromatic heterocycles. The molecule has 0 aliphatic carbocycles. The second-order valence-corrected chi connectivity index (χ2v) is 5.50. The summed E-state index contributed by atoms with van der Waals surface area (Å²) < 4.78 is 2.07. The maximum atomic E-state index is 11.0. The monoisotopic (exact) mass is 263 g/mol. The fourth-order valence-corrected chi connectivity index (χ4v) is 3.00. The van der Waals surface area contributed by atoms with E-state index >= 15 is 0 Å². The number of aliphatic carboxylic acids is 1. The van der Waals surface area contributed by atoms with Crippen molar-refractivity contribution in [3.8, 4) is 0 Å². The Balaban J connectivity index is 1.82. The summed E-state index contributed by atoms with van der Waals surface area (Å²) in [5.74, 6) is 0.705. The molecule has 1 aliphatic heterocycles. The van der Waals surface area contributed by atoms with Crippen molar-refractivity contribution in [2.45, 2.75) is 25.8 Å². The maximum Gasteiger partial charge on any atom is 0.307 e. The van der Waals surface area contributed by atoms with Crippen LogP contribution in [0.4, 0.5) is 0 Å². The lowest BCUT2D eigenvalue weighted by Crippen LogP contribution is -2.26. The number of aromatic nitrogens is 3. The van der Waals surface area contributed by atoms with Gasteiger partial charge >= 0.3 is 5.97 Å². The van der Waals surface area contributed by atoms with E-state index in [1.807, 2.05) is 11.4 Å². The molecule has 0 saturated carbocycles. The Morgan fingerprint density at radius 2 is 2.44 bits per heavy atom. The minimum Gasteiger partial charge on any atom is -0.481 e. The van der Waals surface area contributed by atoms with E-state index in [0.717, 1.165) is 18.1 Å². The third-order valence-electron chi connectivity index (χ3n) is 3.30. The third kappa shape index (κ3) is 2.03. The molecule has 5 nitrogen and oxygen atoms in total. The zero-order valence-corrected chi connectivity index (χ0v) is 10.6. The first-order valence-electron chi connectivity index (χ1n) is 5.90. The Hall–Kier alpha value is -1.69. The van der Waals surface area contributed by atoms with E-state index in [9.17, 15) is 4.79 Å². The predicted octanol–water partition coefficient (Wildman–Crippen LogP) is 1.58. The molecule has 6 heteroatoms. The molecule has 0 saturated heterocycles. The SMILES string of the molecule is O=C(O)C1CCn2c(Cc3cccs3)nnc2C1. The number of carboxylic acid groups (broad SMARTS) is 1. The first kappa shape index (κ1) is 11.4. The van der Waals surface area contributed by atoms with Gasteiger partial charge in [-0.25, -0.2) is 0 Å². The number of rotatable bonds is 3. The summed E-state index contributed by atoms with van der Waals surface area (Å²) in [6.45, 7) is 0.708. The average Bonchev–Trinajstić information content (AvgIpc) is 2.99. The molecule has 0 amide bonds. The number of thiophene rings is 1. The van der Waals surface area contributed by atoms with Gasteiger partial charge in [0.15, 0.2) is 0 Å². The fraction of sp³-hybridized carbons (Fsp3) is 0.417. The summed E-state index contributed by atoms with van der Waals surface area (Å²) in [6.07, 6.45) is 1.94. The van der Waals surface area contributed by atoms with Crippen molar-refractivity contribution >= 4 is 17.3 Å². The van der Waals surface area contributed by atoms with Crippen LogP contribution in [-0.2, 0) is 24.2 Å². The van der Waals surface area contributed by atoms with E-state index in [1.54, 1.807) is 11.3 Å². The van der Waals surface area contributed by atoms with Crippen LogP contribution in [0.15, 0.2) is 17.5 Å². The van der Waals surface area contributed by atoms with Crippen LogP contribution in [0.3, 0.4) is 0 Å². The molecular weight excluding hydrogens is 250 g/mol. The van der Waals surface area contributed by atoms with Crippen LogP contribution in [0.2, 0.25) is 0 Å². The molecule has 1 aliphatic rings. The molecule has 0 aromatic carbocycles. The first-order chi connectivity index (χ1) is 8.74. The standard InChI is InChI=1S/C12H13N3O2S/c16-12(17)8-3-4-15-10(6-8)13-14-11(15)7-9-2-1-5-18-9/h1-2,5,8H,3-4,6-7H2,(H,16,17). The topological polar surface area (TPSA) is 68.0 Å². The number of hydrogen-bond donors (Lipinski definition) is 1. The molecular formula is C12H13N3O2S. The largest absolute Gasteiger partial charge is 0.481 e. The number of fused-ring (bicyclic) bond motifs is 1. The quantitative estimate of drug-likeness (QED) is 0.912. The lowest BCUT2D eigenvalue weighted by atomic mass is 9.98. The van der Waals surface area contributed by atoms with Crippen LogP contribution in [0, 0.1) is 5.92 Å². The molecule has 1 atom stereocenters. The Kier molecular flexibility index (Phi) is 2.87. The number of hydrogen-bond acceptors (Lipinski definition) is 4. The Morgan fingerprint density at radius 1 is 1.56 bits per heavy atom. The van der Waals surface area contributed by atoms with Crippen molar-refractivity contribution in [2.24, 2.45) is 5.92 Å². The van der Waals surface area contributed by atoms with Crippen molar-refractivity contribution in [1.82, 2.24) is 14.8 Å². The first-order valence-corrected chi connectivity index (χ1v) is 6.78. The van der Waals surface area contributed by atoms with Crippen LogP contribution in [0.5, 0.6) is 0 Å². The average molecular weight is 263 g/mol. The van der Waals surface area contributed by atoms with Gasteiger partial charge in [0.05, 0.1) is 5.92 Å². The second-order valence-electron chi connectivity index (χ2n) is 4.47. The summed E-state index contributed by atoms with van der Waals surface area (Å²) in [5, 5.41) is 19.4. The molecule has 0 spiro atoms. The Morgan fingerprint density at radius 3 is 3.17 bits per heavy atom. The van der Waals surface area contributed by atoms with Gasteiger partial charge in [-0.2, -0.15) is 0 Å². The molecule has 0 radical (unpaired) electrons. The highest BCUT2D eigenvalue weighted by atomic mass is 32.1. The van der Waals surface area contributed by atoms with Crippen LogP contribution >= 0.6 is 11.3 Å². The zero-order chi connectivity index (χ0) is 12.5. The smallest absolute Gasteiger partial charge is 0.307 e. The van der Waals surface area contributed by atoms with Gasteiger partial charge in [0.25, 0.3) is 0 Å². The molecule has 0 fully saturated rings. The van der Waals surface area contributed by atoms with Gasteiger partial charge in [0.2, 0.25) is 0 Å². The molecule has 1 unspecified atom stereocenters. The number of nitrogens with zero attached hydrogens (tertiary/aromatic N) is 3. The minimum absolute atomic E-state index is 0.309. The summed E-state index contributed by atoms with van der Waals surface area (Å²) >= 11 is 1.70. The second kappa shape index (κ2) is 4.53. The summed E-state index contributed by atoms with van der Waals surface area (Å²) in [4.78, 5) is 12.2.